The van der Waals surface area contributed by atoms with Crippen molar-refractivity contribution in [2.24, 2.45) is 5.92 Å². The largest absolute Gasteiger partial charge is 0.489 e. The molecule has 0 spiro atoms. The summed E-state index contributed by atoms with van der Waals surface area (Å²) in [6, 6.07) is 15.2. The summed E-state index contributed by atoms with van der Waals surface area (Å²) in [6.07, 6.45) is 0.314. The van der Waals surface area contributed by atoms with E-state index in [1.54, 1.807) is 24.3 Å². The number of nitrogens with one attached hydrogen (secondary N) is 2. The van der Waals surface area contributed by atoms with Gasteiger partial charge in [-0.05, 0) is 30.5 Å². The summed E-state index contributed by atoms with van der Waals surface area (Å²) in [4.78, 5) is 35.8. The smallest absolute Gasteiger partial charge is 0.326 e. The predicted molar refractivity (Wildman–Crippen MR) is 109 cm³/mol. The molecule has 154 valence electrons. The maximum absolute atomic E-state index is 12.5. The van der Waals surface area contributed by atoms with Gasteiger partial charge < -0.3 is 20.5 Å². The van der Waals surface area contributed by atoms with Gasteiger partial charge in [-0.25, -0.2) is 4.79 Å². The van der Waals surface area contributed by atoms with Crippen LogP contribution in [0.5, 0.6) is 5.75 Å². The van der Waals surface area contributed by atoms with Crippen molar-refractivity contribution in [3.05, 3.63) is 65.7 Å². The quantitative estimate of drug-likeness (QED) is 0.571. The van der Waals surface area contributed by atoms with Crippen molar-refractivity contribution >= 4 is 17.8 Å². The second-order valence-electron chi connectivity index (χ2n) is 7.03. The molecule has 0 heterocycles. The molecule has 0 saturated carbocycles. The third-order valence-electron chi connectivity index (χ3n) is 4.15. The molecular weight excluding hydrogens is 372 g/mol. The molecule has 2 aromatic rings. The van der Waals surface area contributed by atoms with Gasteiger partial charge in [0.05, 0.1) is 6.54 Å². The van der Waals surface area contributed by atoms with Crippen LogP contribution in [-0.4, -0.2) is 35.5 Å². The van der Waals surface area contributed by atoms with E-state index in [9.17, 15) is 19.5 Å². The number of carbonyl (C=O) groups is 3. The number of para-hydroxylation sites is 1. The van der Waals surface area contributed by atoms with Crippen LogP contribution >= 0.6 is 0 Å². The summed E-state index contributed by atoms with van der Waals surface area (Å²) in [5.41, 5.74) is 1.07. The maximum atomic E-state index is 12.5. The van der Waals surface area contributed by atoms with Crippen LogP contribution in [0.2, 0.25) is 0 Å². The van der Waals surface area contributed by atoms with Gasteiger partial charge in [0.15, 0.2) is 0 Å². The summed E-state index contributed by atoms with van der Waals surface area (Å²) < 4.78 is 5.70. The topological polar surface area (TPSA) is 105 Å². The molecule has 0 aliphatic rings. The van der Waals surface area contributed by atoms with Gasteiger partial charge in [-0.1, -0.05) is 50.2 Å². The number of carboxylic acid groups (broad SMARTS) is 1. The first-order valence-corrected chi connectivity index (χ1v) is 9.43. The van der Waals surface area contributed by atoms with Crippen LogP contribution in [0, 0.1) is 5.92 Å². The third-order valence-corrected chi connectivity index (χ3v) is 4.15. The van der Waals surface area contributed by atoms with Crippen LogP contribution in [0.1, 0.15) is 36.2 Å². The molecule has 29 heavy (non-hydrogen) atoms. The Kier molecular flexibility index (Phi) is 8.21. The summed E-state index contributed by atoms with van der Waals surface area (Å²) in [7, 11) is 0. The van der Waals surface area contributed by atoms with Gasteiger partial charge in [0.25, 0.3) is 5.91 Å². The van der Waals surface area contributed by atoms with Crippen molar-refractivity contribution in [2.75, 3.05) is 6.54 Å². The molecule has 0 aromatic heterocycles. The first-order valence-electron chi connectivity index (χ1n) is 9.43. The van der Waals surface area contributed by atoms with Crippen molar-refractivity contribution in [3.8, 4) is 5.75 Å². The Labute approximate surface area is 170 Å². The van der Waals surface area contributed by atoms with Crippen molar-refractivity contribution < 1.29 is 24.2 Å². The van der Waals surface area contributed by atoms with Crippen LogP contribution in [-0.2, 0) is 16.2 Å². The van der Waals surface area contributed by atoms with Gasteiger partial charge in [-0.3, -0.25) is 9.59 Å². The molecule has 1 atom stereocenters. The normalized spacial score (nSPS) is 11.6. The fourth-order valence-corrected chi connectivity index (χ4v) is 2.74. The van der Waals surface area contributed by atoms with E-state index >= 15 is 0 Å². The van der Waals surface area contributed by atoms with Crippen LogP contribution in [0.3, 0.4) is 0 Å². The van der Waals surface area contributed by atoms with Gasteiger partial charge in [-0.15, -0.1) is 0 Å². The molecule has 7 nitrogen and oxygen atoms in total. The van der Waals surface area contributed by atoms with Crippen molar-refractivity contribution in [3.63, 3.8) is 0 Å². The van der Waals surface area contributed by atoms with E-state index in [0.717, 1.165) is 0 Å². The summed E-state index contributed by atoms with van der Waals surface area (Å²) in [5.74, 6) is -1.27. The minimum Gasteiger partial charge on any atom is -0.489 e. The average Bonchev–Trinajstić information content (AvgIpc) is 2.70. The Morgan fingerprint density at radius 3 is 2.31 bits per heavy atom. The molecule has 0 radical (unpaired) electrons. The highest BCUT2D eigenvalue weighted by Crippen LogP contribution is 2.14. The lowest BCUT2D eigenvalue weighted by atomic mass is 10.0. The Balaban J connectivity index is 1.93. The van der Waals surface area contributed by atoms with E-state index in [-0.39, 0.29) is 19.1 Å². The number of carboxylic acids is 1. The lowest BCUT2D eigenvalue weighted by Crippen LogP contribution is -2.46. The Bertz CT molecular complexity index is 836. The molecule has 2 rings (SSSR count). The van der Waals surface area contributed by atoms with Gasteiger partial charge in [0, 0.05) is 11.1 Å². The molecule has 0 fully saturated rings. The van der Waals surface area contributed by atoms with Crippen molar-refractivity contribution in [1.29, 1.82) is 0 Å². The highest BCUT2D eigenvalue weighted by molar-refractivity contribution is 5.98. The summed E-state index contributed by atoms with van der Waals surface area (Å²) >= 11 is 0. The number of hydrogen-bond acceptors (Lipinski definition) is 4. The standard InChI is InChI=1S/C22H26N2O5/c1-15(2)12-19(22(27)28)24-20(25)13-23-21(26)18-11-7-6-8-16(18)14-29-17-9-4-3-5-10-17/h3-11,15,19H,12-14H2,1-2H3,(H,23,26)(H,24,25)(H,27,28)/t19-/m0/s1. The van der Waals surface area contributed by atoms with Gasteiger partial charge >= 0.3 is 5.97 Å². The second kappa shape index (κ2) is 10.8. The number of hydrogen-bond donors (Lipinski definition) is 3. The fourth-order valence-electron chi connectivity index (χ4n) is 2.74. The second-order valence-corrected chi connectivity index (χ2v) is 7.03. The minimum atomic E-state index is -1.10. The molecular formula is C22H26N2O5. The Morgan fingerprint density at radius 1 is 1.00 bits per heavy atom. The van der Waals surface area contributed by atoms with Gasteiger partial charge in [0.2, 0.25) is 5.91 Å². The first-order chi connectivity index (χ1) is 13.9. The monoisotopic (exact) mass is 398 g/mol. The van der Waals surface area contributed by atoms with Crippen LogP contribution in [0.4, 0.5) is 0 Å². The first kappa shape index (κ1) is 21.9. The SMILES string of the molecule is CC(C)C[C@H](NC(=O)CNC(=O)c1ccccc1COc1ccccc1)C(=O)O. The Morgan fingerprint density at radius 2 is 1.66 bits per heavy atom. The number of rotatable bonds is 10. The van der Waals surface area contributed by atoms with Crippen LogP contribution < -0.4 is 15.4 Å². The third kappa shape index (κ3) is 7.29. The minimum absolute atomic E-state index is 0.113. The van der Waals surface area contributed by atoms with Crippen LogP contribution in [0.25, 0.3) is 0 Å². The van der Waals surface area contributed by atoms with E-state index in [1.807, 2.05) is 44.2 Å². The Hall–Kier alpha value is -3.35. The highest BCUT2D eigenvalue weighted by atomic mass is 16.5. The molecule has 0 saturated heterocycles. The highest BCUT2D eigenvalue weighted by Gasteiger charge is 2.21. The van der Waals surface area contributed by atoms with Crippen molar-refractivity contribution in [1.82, 2.24) is 10.6 Å². The molecule has 2 amide bonds. The summed E-state index contributed by atoms with van der Waals surface area (Å²) in [6.45, 7) is 3.64. The lowest BCUT2D eigenvalue weighted by Gasteiger charge is -2.17. The molecule has 2 aromatic carbocycles. The molecule has 3 N–H and O–H groups in total. The van der Waals surface area contributed by atoms with E-state index < -0.39 is 23.8 Å². The fraction of sp³-hybridized carbons (Fsp3) is 0.318. The van der Waals surface area contributed by atoms with E-state index in [0.29, 0.717) is 23.3 Å². The average molecular weight is 398 g/mol. The molecule has 0 unspecified atom stereocenters. The number of aliphatic carboxylic acids is 1. The van der Waals surface area contributed by atoms with Gasteiger partial charge in [0.1, 0.15) is 18.4 Å². The zero-order valence-corrected chi connectivity index (χ0v) is 16.6. The van der Waals surface area contributed by atoms with E-state index in [2.05, 4.69) is 10.6 Å². The number of amides is 2. The number of benzene rings is 2. The summed E-state index contributed by atoms with van der Waals surface area (Å²) in [5, 5.41) is 14.2. The molecule has 0 aliphatic heterocycles. The number of ether oxygens (including phenoxy) is 1. The molecule has 7 heteroatoms. The van der Waals surface area contributed by atoms with Crippen LogP contribution in [0.15, 0.2) is 54.6 Å². The molecule has 0 aliphatic carbocycles. The van der Waals surface area contributed by atoms with Gasteiger partial charge in [-0.2, -0.15) is 0 Å². The van der Waals surface area contributed by atoms with E-state index in [4.69, 9.17) is 4.74 Å². The maximum Gasteiger partial charge on any atom is 0.326 e. The van der Waals surface area contributed by atoms with Crippen molar-refractivity contribution in [2.45, 2.75) is 32.9 Å². The predicted octanol–water partition coefficient (Wildman–Crippen LogP) is 2.61. The lowest BCUT2D eigenvalue weighted by molar-refractivity contribution is -0.142. The van der Waals surface area contributed by atoms with E-state index in [1.165, 1.54) is 0 Å². The number of carbonyl (C=O) groups excluding carboxylic acids is 2. The zero-order chi connectivity index (χ0) is 21.2. The zero-order valence-electron chi connectivity index (χ0n) is 16.6. The molecule has 0 bridgehead atoms.